The van der Waals surface area contributed by atoms with E-state index in [1.807, 2.05) is 0 Å². The topological polar surface area (TPSA) is 21.3 Å². The van der Waals surface area contributed by atoms with Crippen LogP contribution in [-0.4, -0.2) is 13.7 Å². The molecule has 0 saturated carbocycles. The van der Waals surface area contributed by atoms with Gasteiger partial charge in [-0.2, -0.15) is 0 Å². The molecule has 0 aliphatic rings. The van der Waals surface area contributed by atoms with Crippen molar-refractivity contribution in [3.63, 3.8) is 0 Å². The van der Waals surface area contributed by atoms with E-state index in [2.05, 4.69) is 51.2 Å². The van der Waals surface area contributed by atoms with Gasteiger partial charge in [0.25, 0.3) is 0 Å². The van der Waals surface area contributed by atoms with Gasteiger partial charge in [-0.3, -0.25) is 0 Å². The van der Waals surface area contributed by atoms with Gasteiger partial charge in [0, 0.05) is 6.04 Å². The third kappa shape index (κ3) is 4.54. The molecule has 0 saturated heterocycles. The van der Waals surface area contributed by atoms with Crippen molar-refractivity contribution in [2.75, 3.05) is 13.7 Å². The first-order chi connectivity index (χ1) is 9.13. The Morgan fingerprint density at radius 2 is 1.95 bits per heavy atom. The number of rotatable bonds is 8. The normalized spacial score (nSPS) is 14.2. The van der Waals surface area contributed by atoms with Crippen molar-refractivity contribution in [1.82, 2.24) is 5.32 Å². The average molecular weight is 263 g/mol. The molecule has 0 aliphatic heterocycles. The number of aryl methyl sites for hydroxylation is 1. The van der Waals surface area contributed by atoms with Crippen molar-refractivity contribution in [2.24, 2.45) is 5.92 Å². The minimum Gasteiger partial charge on any atom is -0.496 e. The molecule has 0 spiro atoms. The second kappa shape index (κ2) is 8.21. The maximum absolute atomic E-state index is 5.45. The first-order valence-electron chi connectivity index (χ1n) is 7.51. The zero-order valence-electron chi connectivity index (χ0n) is 13.1. The quantitative estimate of drug-likeness (QED) is 0.746. The minimum atomic E-state index is 0.425. The minimum absolute atomic E-state index is 0.425. The molecule has 1 aromatic rings. The van der Waals surface area contributed by atoms with Gasteiger partial charge in [0.1, 0.15) is 5.75 Å². The Hall–Kier alpha value is -1.02. The van der Waals surface area contributed by atoms with E-state index in [4.69, 9.17) is 4.74 Å². The fourth-order valence-electron chi connectivity index (χ4n) is 2.60. The lowest BCUT2D eigenvalue weighted by Gasteiger charge is -2.26. The summed E-state index contributed by atoms with van der Waals surface area (Å²) < 4.78 is 5.45. The van der Waals surface area contributed by atoms with Gasteiger partial charge in [0.2, 0.25) is 0 Å². The molecule has 0 amide bonds. The van der Waals surface area contributed by atoms with E-state index in [0.29, 0.717) is 12.0 Å². The lowest BCUT2D eigenvalue weighted by atomic mass is 9.90. The molecular weight excluding hydrogens is 234 g/mol. The van der Waals surface area contributed by atoms with Crippen molar-refractivity contribution in [2.45, 2.75) is 53.0 Å². The van der Waals surface area contributed by atoms with Gasteiger partial charge in [0.05, 0.1) is 7.11 Å². The molecule has 19 heavy (non-hydrogen) atoms. The first-order valence-corrected chi connectivity index (χ1v) is 7.51. The summed E-state index contributed by atoms with van der Waals surface area (Å²) in [6.45, 7) is 9.96. The summed E-state index contributed by atoms with van der Waals surface area (Å²) >= 11 is 0. The number of methoxy groups -OCH3 is 1. The fraction of sp³-hybridized carbons (Fsp3) is 0.647. The molecule has 1 rings (SSSR count). The largest absolute Gasteiger partial charge is 0.496 e. The smallest absolute Gasteiger partial charge is 0.122 e. The Labute approximate surface area is 118 Å². The zero-order valence-corrected chi connectivity index (χ0v) is 13.1. The third-order valence-electron chi connectivity index (χ3n) is 3.72. The van der Waals surface area contributed by atoms with Gasteiger partial charge in [0.15, 0.2) is 0 Å². The third-order valence-corrected chi connectivity index (χ3v) is 3.72. The molecule has 0 radical (unpaired) electrons. The molecule has 1 aromatic carbocycles. The van der Waals surface area contributed by atoms with Crippen LogP contribution in [0.1, 0.15) is 57.2 Å². The van der Waals surface area contributed by atoms with Crippen LogP contribution >= 0.6 is 0 Å². The standard InChI is InChI=1S/C17H29NO/c1-6-8-14(4)17(18-11-7-2)15-10-9-13(3)16(12-15)19-5/h9-10,12,14,17-18H,6-8,11H2,1-5H3. The maximum atomic E-state index is 5.45. The predicted octanol–water partition coefficient (Wildman–Crippen LogP) is 4.48. The van der Waals surface area contributed by atoms with Crippen LogP contribution in [0.4, 0.5) is 0 Å². The van der Waals surface area contributed by atoms with Crippen molar-refractivity contribution in [3.8, 4) is 5.75 Å². The number of hydrogen-bond donors (Lipinski definition) is 1. The molecule has 0 aliphatic carbocycles. The summed E-state index contributed by atoms with van der Waals surface area (Å²) in [5, 5.41) is 3.69. The number of hydrogen-bond acceptors (Lipinski definition) is 2. The van der Waals surface area contributed by atoms with E-state index in [-0.39, 0.29) is 0 Å². The van der Waals surface area contributed by atoms with E-state index < -0.39 is 0 Å². The van der Waals surface area contributed by atoms with Gasteiger partial charge in [-0.15, -0.1) is 0 Å². The molecule has 2 heteroatoms. The molecule has 0 fully saturated rings. The Balaban J connectivity index is 2.95. The lowest BCUT2D eigenvalue weighted by molar-refractivity contribution is 0.360. The first kappa shape index (κ1) is 16.0. The summed E-state index contributed by atoms with van der Waals surface area (Å²) in [5.41, 5.74) is 2.54. The molecule has 0 bridgehead atoms. The fourth-order valence-corrected chi connectivity index (χ4v) is 2.60. The van der Waals surface area contributed by atoms with Gasteiger partial charge >= 0.3 is 0 Å². The predicted molar refractivity (Wildman–Crippen MR) is 82.8 cm³/mol. The highest BCUT2D eigenvalue weighted by Gasteiger charge is 2.18. The number of nitrogens with one attached hydrogen (secondary N) is 1. The Morgan fingerprint density at radius 3 is 2.53 bits per heavy atom. The monoisotopic (exact) mass is 263 g/mol. The SMILES string of the molecule is CCCNC(c1ccc(C)c(OC)c1)C(C)CCC. The van der Waals surface area contributed by atoms with Crippen molar-refractivity contribution in [1.29, 1.82) is 0 Å². The molecule has 1 N–H and O–H groups in total. The highest BCUT2D eigenvalue weighted by molar-refractivity contribution is 5.38. The summed E-state index contributed by atoms with van der Waals surface area (Å²) in [7, 11) is 1.75. The Bertz CT molecular complexity index is 376. The van der Waals surface area contributed by atoms with Crippen LogP contribution < -0.4 is 10.1 Å². The molecule has 2 atom stereocenters. The van der Waals surface area contributed by atoms with E-state index in [9.17, 15) is 0 Å². The van der Waals surface area contributed by atoms with Crippen LogP contribution in [0.2, 0.25) is 0 Å². The van der Waals surface area contributed by atoms with E-state index in [1.165, 1.54) is 30.4 Å². The van der Waals surface area contributed by atoms with Crippen molar-refractivity contribution in [3.05, 3.63) is 29.3 Å². The summed E-state index contributed by atoms with van der Waals surface area (Å²) in [6, 6.07) is 7.01. The number of ether oxygens (including phenoxy) is 1. The highest BCUT2D eigenvalue weighted by Crippen LogP contribution is 2.29. The Morgan fingerprint density at radius 1 is 1.21 bits per heavy atom. The van der Waals surface area contributed by atoms with Crippen molar-refractivity contribution >= 4 is 0 Å². The lowest BCUT2D eigenvalue weighted by Crippen LogP contribution is -2.27. The van der Waals surface area contributed by atoms with Crippen LogP contribution in [0.25, 0.3) is 0 Å². The van der Waals surface area contributed by atoms with E-state index in [1.54, 1.807) is 7.11 Å². The maximum Gasteiger partial charge on any atom is 0.122 e. The van der Waals surface area contributed by atoms with Crippen LogP contribution in [0.5, 0.6) is 5.75 Å². The van der Waals surface area contributed by atoms with Crippen molar-refractivity contribution < 1.29 is 4.74 Å². The second-order valence-electron chi connectivity index (χ2n) is 5.43. The van der Waals surface area contributed by atoms with Crippen LogP contribution in [0.3, 0.4) is 0 Å². The van der Waals surface area contributed by atoms with Gasteiger partial charge < -0.3 is 10.1 Å². The molecule has 2 nitrogen and oxygen atoms in total. The molecule has 108 valence electrons. The Kier molecular flexibility index (Phi) is 6.93. The van der Waals surface area contributed by atoms with E-state index in [0.717, 1.165) is 12.3 Å². The summed E-state index contributed by atoms with van der Waals surface area (Å²) in [5.74, 6) is 1.63. The summed E-state index contributed by atoms with van der Waals surface area (Å²) in [6.07, 6.45) is 3.64. The van der Waals surface area contributed by atoms with Gasteiger partial charge in [-0.25, -0.2) is 0 Å². The van der Waals surface area contributed by atoms with Crippen LogP contribution in [0, 0.1) is 12.8 Å². The summed E-state index contributed by atoms with van der Waals surface area (Å²) in [4.78, 5) is 0. The number of benzene rings is 1. The van der Waals surface area contributed by atoms with Crippen LogP contribution in [0.15, 0.2) is 18.2 Å². The molecular formula is C17H29NO. The second-order valence-corrected chi connectivity index (χ2v) is 5.43. The molecule has 0 heterocycles. The molecule has 2 unspecified atom stereocenters. The molecule has 0 aromatic heterocycles. The van der Waals surface area contributed by atoms with Crippen LogP contribution in [-0.2, 0) is 0 Å². The van der Waals surface area contributed by atoms with E-state index >= 15 is 0 Å². The zero-order chi connectivity index (χ0) is 14.3. The highest BCUT2D eigenvalue weighted by atomic mass is 16.5. The van der Waals surface area contributed by atoms with Gasteiger partial charge in [-0.1, -0.05) is 39.3 Å². The average Bonchev–Trinajstić information content (AvgIpc) is 2.41. The van der Waals surface area contributed by atoms with Gasteiger partial charge in [-0.05, 0) is 49.4 Å².